The molecular weight excluding hydrogens is 308 g/mol. The first-order valence-electron chi connectivity index (χ1n) is 8.51. The molecule has 2 N–H and O–H groups in total. The molecule has 0 amide bonds. The first-order chi connectivity index (χ1) is 11.3. The van der Waals surface area contributed by atoms with E-state index in [-0.39, 0.29) is 0 Å². The third-order valence-electron chi connectivity index (χ3n) is 4.89. The number of likely N-dealkylation sites (tertiary alicyclic amines) is 1. The summed E-state index contributed by atoms with van der Waals surface area (Å²) in [5.41, 5.74) is 1.30. The van der Waals surface area contributed by atoms with E-state index < -0.39 is 0 Å². The van der Waals surface area contributed by atoms with E-state index in [1.165, 1.54) is 51.6 Å². The molecule has 1 heterocycles. The van der Waals surface area contributed by atoms with Crippen molar-refractivity contribution < 1.29 is 0 Å². The Hall–Kier alpha value is -1.53. The highest BCUT2D eigenvalue weighted by Gasteiger charge is 2.31. The highest BCUT2D eigenvalue weighted by molar-refractivity contribution is 7.80. The standard InChI is InChI=1S/C17H24N4OS/c22-20-14-9-7-13(8-10-14)18-17(23)19-15-5-1-2-6-16(15)21-11-3-4-12-21/h7-10,15-16H,1-6,11-12H2,(H2,18,19,23). The Bertz CT molecular complexity index is 542. The third-order valence-corrected chi connectivity index (χ3v) is 5.11. The molecule has 3 rings (SSSR count). The number of nitrogens with one attached hydrogen (secondary N) is 2. The van der Waals surface area contributed by atoms with Gasteiger partial charge in [-0.25, -0.2) is 0 Å². The number of nitrogens with zero attached hydrogens (tertiary/aromatic N) is 2. The minimum atomic E-state index is 0.427. The molecule has 0 bridgehead atoms. The van der Waals surface area contributed by atoms with Crippen LogP contribution in [0.5, 0.6) is 0 Å². The minimum absolute atomic E-state index is 0.427. The van der Waals surface area contributed by atoms with Gasteiger partial charge in [-0.15, -0.1) is 4.91 Å². The Morgan fingerprint density at radius 2 is 1.78 bits per heavy atom. The molecule has 1 aromatic rings. The minimum Gasteiger partial charge on any atom is -0.358 e. The smallest absolute Gasteiger partial charge is 0.171 e. The Morgan fingerprint density at radius 3 is 2.48 bits per heavy atom. The molecule has 2 unspecified atom stereocenters. The van der Waals surface area contributed by atoms with Crippen molar-refractivity contribution >= 4 is 28.7 Å². The van der Waals surface area contributed by atoms with Gasteiger partial charge in [0.25, 0.3) is 0 Å². The van der Waals surface area contributed by atoms with E-state index in [9.17, 15) is 4.91 Å². The zero-order valence-corrected chi connectivity index (χ0v) is 14.1. The van der Waals surface area contributed by atoms with Crippen molar-refractivity contribution in [1.82, 2.24) is 10.2 Å². The van der Waals surface area contributed by atoms with E-state index in [2.05, 4.69) is 20.7 Å². The summed E-state index contributed by atoms with van der Waals surface area (Å²) in [5, 5.41) is 10.3. The van der Waals surface area contributed by atoms with Crippen LogP contribution >= 0.6 is 12.2 Å². The average molecular weight is 332 g/mol. The van der Waals surface area contributed by atoms with Crippen LogP contribution in [0, 0.1) is 4.91 Å². The molecule has 23 heavy (non-hydrogen) atoms. The molecule has 1 aliphatic carbocycles. The molecule has 1 saturated heterocycles. The fourth-order valence-electron chi connectivity index (χ4n) is 3.73. The van der Waals surface area contributed by atoms with Gasteiger partial charge < -0.3 is 10.6 Å². The lowest BCUT2D eigenvalue weighted by atomic mass is 9.89. The van der Waals surface area contributed by atoms with Crippen molar-refractivity contribution in [2.24, 2.45) is 5.18 Å². The topological polar surface area (TPSA) is 56.7 Å². The van der Waals surface area contributed by atoms with E-state index >= 15 is 0 Å². The van der Waals surface area contributed by atoms with Crippen molar-refractivity contribution in [1.29, 1.82) is 0 Å². The second-order valence-corrected chi connectivity index (χ2v) is 6.85. The van der Waals surface area contributed by atoms with E-state index in [0.717, 1.165) is 5.69 Å². The molecule has 0 spiro atoms. The van der Waals surface area contributed by atoms with Gasteiger partial charge in [0.1, 0.15) is 5.69 Å². The van der Waals surface area contributed by atoms with Gasteiger partial charge in [0.15, 0.2) is 5.11 Å². The van der Waals surface area contributed by atoms with Gasteiger partial charge >= 0.3 is 0 Å². The summed E-state index contributed by atoms with van der Waals surface area (Å²) in [6.45, 7) is 2.45. The van der Waals surface area contributed by atoms with Gasteiger partial charge in [-0.1, -0.05) is 12.8 Å². The summed E-state index contributed by atoms with van der Waals surface area (Å²) < 4.78 is 0. The maximum Gasteiger partial charge on any atom is 0.171 e. The zero-order valence-electron chi connectivity index (χ0n) is 13.3. The lowest BCUT2D eigenvalue weighted by molar-refractivity contribution is 0.159. The Labute approximate surface area is 142 Å². The Kier molecular flexibility index (Phi) is 5.56. The fourth-order valence-corrected chi connectivity index (χ4v) is 4.00. The number of nitroso groups, excluding NO2 is 1. The SMILES string of the molecule is O=Nc1ccc(NC(=S)NC2CCCCC2N2CCCC2)cc1. The second kappa shape index (κ2) is 7.84. The molecule has 2 atom stereocenters. The molecular formula is C17H24N4OS. The van der Waals surface area contributed by atoms with E-state index in [0.29, 0.717) is 22.9 Å². The van der Waals surface area contributed by atoms with Gasteiger partial charge in [0.05, 0.1) is 0 Å². The maximum atomic E-state index is 10.5. The lowest BCUT2D eigenvalue weighted by Crippen LogP contribution is -2.53. The quantitative estimate of drug-likeness (QED) is 0.649. The van der Waals surface area contributed by atoms with Gasteiger partial charge in [0, 0.05) is 17.8 Å². The highest BCUT2D eigenvalue weighted by atomic mass is 32.1. The van der Waals surface area contributed by atoms with Crippen molar-refractivity contribution in [3.63, 3.8) is 0 Å². The summed E-state index contributed by atoms with van der Waals surface area (Å²) in [7, 11) is 0. The first kappa shape index (κ1) is 16.3. The predicted octanol–water partition coefficient (Wildman–Crippen LogP) is 3.78. The molecule has 0 radical (unpaired) electrons. The van der Waals surface area contributed by atoms with Gasteiger partial charge in [-0.05, 0) is 80.4 Å². The molecule has 5 nitrogen and oxygen atoms in total. The number of hydrogen-bond acceptors (Lipinski definition) is 4. The van der Waals surface area contributed by atoms with Crippen LogP contribution in [0.1, 0.15) is 38.5 Å². The number of rotatable bonds is 4. The van der Waals surface area contributed by atoms with Crippen molar-refractivity contribution in [2.45, 2.75) is 50.6 Å². The van der Waals surface area contributed by atoms with Crippen molar-refractivity contribution in [3.8, 4) is 0 Å². The summed E-state index contributed by atoms with van der Waals surface area (Å²) in [6, 6.07) is 8.05. The largest absolute Gasteiger partial charge is 0.358 e. The molecule has 1 aliphatic heterocycles. The van der Waals surface area contributed by atoms with Crippen molar-refractivity contribution in [2.75, 3.05) is 18.4 Å². The number of anilines is 1. The van der Waals surface area contributed by atoms with Gasteiger partial charge in [-0.3, -0.25) is 4.90 Å². The van der Waals surface area contributed by atoms with Crippen molar-refractivity contribution in [3.05, 3.63) is 29.2 Å². The second-order valence-electron chi connectivity index (χ2n) is 6.44. The summed E-state index contributed by atoms with van der Waals surface area (Å²) in [5.74, 6) is 0. The Balaban J connectivity index is 1.57. The fraction of sp³-hybridized carbons (Fsp3) is 0.588. The first-order valence-corrected chi connectivity index (χ1v) is 8.92. The average Bonchev–Trinajstić information content (AvgIpc) is 3.10. The monoisotopic (exact) mass is 332 g/mol. The van der Waals surface area contributed by atoms with E-state index in [1.807, 2.05) is 12.1 Å². The number of thiocarbonyl (C=S) groups is 1. The van der Waals surface area contributed by atoms with Crippen LogP contribution in [0.3, 0.4) is 0 Å². The van der Waals surface area contributed by atoms with Crippen LogP contribution in [-0.4, -0.2) is 35.2 Å². The normalized spacial score (nSPS) is 25.0. The van der Waals surface area contributed by atoms with Crippen LogP contribution in [0.15, 0.2) is 29.4 Å². The van der Waals surface area contributed by atoms with Crippen LogP contribution in [0.4, 0.5) is 11.4 Å². The third kappa shape index (κ3) is 4.26. The van der Waals surface area contributed by atoms with Crippen LogP contribution in [0.25, 0.3) is 0 Å². The molecule has 1 aromatic carbocycles. The molecule has 124 valence electrons. The van der Waals surface area contributed by atoms with Crippen LogP contribution in [0.2, 0.25) is 0 Å². The lowest BCUT2D eigenvalue weighted by Gasteiger charge is -2.38. The van der Waals surface area contributed by atoms with Crippen LogP contribution in [-0.2, 0) is 0 Å². The predicted molar refractivity (Wildman–Crippen MR) is 98.1 cm³/mol. The number of benzene rings is 1. The van der Waals surface area contributed by atoms with E-state index in [4.69, 9.17) is 12.2 Å². The molecule has 2 fully saturated rings. The molecule has 1 saturated carbocycles. The van der Waals surface area contributed by atoms with Gasteiger partial charge in [0.2, 0.25) is 0 Å². The highest BCUT2D eigenvalue weighted by Crippen LogP contribution is 2.26. The molecule has 2 aliphatic rings. The molecule has 6 heteroatoms. The van der Waals surface area contributed by atoms with Gasteiger partial charge in [-0.2, -0.15) is 0 Å². The molecule has 0 aromatic heterocycles. The maximum absolute atomic E-state index is 10.5. The summed E-state index contributed by atoms with van der Waals surface area (Å²) in [6.07, 6.45) is 7.67. The Morgan fingerprint density at radius 1 is 1.09 bits per heavy atom. The summed E-state index contributed by atoms with van der Waals surface area (Å²) in [4.78, 5) is 13.1. The summed E-state index contributed by atoms with van der Waals surface area (Å²) >= 11 is 5.48. The number of hydrogen-bond donors (Lipinski definition) is 2. The zero-order chi connectivity index (χ0) is 16.1. The van der Waals surface area contributed by atoms with Crippen LogP contribution < -0.4 is 10.6 Å². The van der Waals surface area contributed by atoms with E-state index in [1.54, 1.807) is 12.1 Å².